The van der Waals surface area contributed by atoms with E-state index in [1.54, 1.807) is 18.9 Å². The molecule has 1 saturated heterocycles. The van der Waals surface area contributed by atoms with E-state index in [0.29, 0.717) is 23.7 Å². The van der Waals surface area contributed by atoms with Gasteiger partial charge in [0.1, 0.15) is 12.4 Å². The number of rotatable bonds is 5. The Morgan fingerprint density at radius 2 is 2.11 bits per heavy atom. The van der Waals surface area contributed by atoms with Crippen LogP contribution in [0.3, 0.4) is 0 Å². The summed E-state index contributed by atoms with van der Waals surface area (Å²) in [5, 5.41) is 1.04. The van der Waals surface area contributed by atoms with Gasteiger partial charge in [0.2, 0.25) is 0 Å². The van der Waals surface area contributed by atoms with Gasteiger partial charge in [-0.2, -0.15) is 0 Å². The summed E-state index contributed by atoms with van der Waals surface area (Å²) >= 11 is 1.63. The summed E-state index contributed by atoms with van der Waals surface area (Å²) in [5.41, 5.74) is 0.869. The van der Waals surface area contributed by atoms with Crippen molar-refractivity contribution in [3.05, 3.63) is 24.3 Å². The van der Waals surface area contributed by atoms with Crippen LogP contribution in [0.2, 0.25) is 0 Å². The first kappa shape index (κ1) is 14.2. The third-order valence-electron chi connectivity index (χ3n) is 2.57. The van der Waals surface area contributed by atoms with Crippen molar-refractivity contribution < 1.29 is 14.2 Å². The summed E-state index contributed by atoms with van der Waals surface area (Å²) in [6.45, 7) is 5.43. The Hall–Kier alpha value is -1.20. The smallest absolute Gasteiger partial charge is 0.251 e. The summed E-state index contributed by atoms with van der Waals surface area (Å²) < 4.78 is 16.3. The van der Waals surface area contributed by atoms with Gasteiger partial charge in [0.15, 0.2) is 0 Å². The molecule has 19 heavy (non-hydrogen) atoms. The normalized spacial score (nSPS) is 20.8. The van der Waals surface area contributed by atoms with Crippen LogP contribution in [0.5, 0.6) is 5.75 Å². The van der Waals surface area contributed by atoms with Gasteiger partial charge in [0.05, 0.1) is 30.8 Å². The Labute approximate surface area is 118 Å². The van der Waals surface area contributed by atoms with E-state index in [2.05, 4.69) is 4.99 Å². The lowest BCUT2D eigenvalue weighted by molar-refractivity contribution is 0.0743. The molecule has 5 heteroatoms. The molecule has 1 atom stereocenters. The Morgan fingerprint density at radius 1 is 1.37 bits per heavy atom. The van der Waals surface area contributed by atoms with Crippen molar-refractivity contribution in [3.63, 3.8) is 0 Å². The zero-order valence-corrected chi connectivity index (χ0v) is 12.3. The molecule has 1 aromatic carbocycles. The van der Waals surface area contributed by atoms with Gasteiger partial charge >= 0.3 is 0 Å². The highest BCUT2D eigenvalue weighted by atomic mass is 32.2. The van der Waals surface area contributed by atoms with Gasteiger partial charge in [0.25, 0.3) is 5.23 Å². The standard InChI is InChI=1S/C14H19NO3S/c1-10(2)17-8-13-9-18-14(19-13)15-11-4-6-12(16-3)7-5-11/h4-7,10,13H,8-9H2,1-3H3. The zero-order valence-electron chi connectivity index (χ0n) is 11.5. The van der Waals surface area contributed by atoms with Crippen molar-refractivity contribution in [1.82, 2.24) is 0 Å². The summed E-state index contributed by atoms with van der Waals surface area (Å²) in [7, 11) is 1.65. The van der Waals surface area contributed by atoms with Crippen LogP contribution in [0.25, 0.3) is 0 Å². The zero-order chi connectivity index (χ0) is 13.7. The monoisotopic (exact) mass is 281 g/mol. The number of benzene rings is 1. The Bertz CT molecular complexity index is 431. The number of methoxy groups -OCH3 is 1. The van der Waals surface area contributed by atoms with Gasteiger partial charge in [-0.15, -0.1) is 0 Å². The molecule has 4 nitrogen and oxygen atoms in total. The number of thioether (sulfide) groups is 1. The fourth-order valence-electron chi connectivity index (χ4n) is 1.58. The van der Waals surface area contributed by atoms with Crippen LogP contribution in [-0.4, -0.2) is 36.9 Å². The molecule has 104 valence electrons. The second-order valence-electron chi connectivity index (χ2n) is 4.51. The molecular weight excluding hydrogens is 262 g/mol. The molecule has 1 aliphatic heterocycles. The molecule has 0 bridgehead atoms. The van der Waals surface area contributed by atoms with Crippen LogP contribution >= 0.6 is 11.8 Å². The first-order valence-corrected chi connectivity index (χ1v) is 7.19. The molecule has 0 aromatic heterocycles. The summed E-state index contributed by atoms with van der Waals surface area (Å²) in [6.07, 6.45) is 0.253. The quantitative estimate of drug-likeness (QED) is 0.830. The lowest BCUT2D eigenvalue weighted by atomic mass is 10.3. The van der Waals surface area contributed by atoms with E-state index in [9.17, 15) is 0 Å². The largest absolute Gasteiger partial charge is 0.497 e. The summed E-state index contributed by atoms with van der Waals surface area (Å²) in [4.78, 5) is 4.46. The highest BCUT2D eigenvalue weighted by Gasteiger charge is 2.23. The van der Waals surface area contributed by atoms with Crippen molar-refractivity contribution >= 4 is 22.7 Å². The SMILES string of the molecule is COc1ccc(N=C2OCC(COC(C)C)S2)cc1. The number of nitrogens with zero attached hydrogens (tertiary/aromatic N) is 1. The summed E-state index contributed by atoms with van der Waals surface area (Å²) in [6, 6.07) is 7.60. The van der Waals surface area contributed by atoms with Crippen LogP contribution in [0.15, 0.2) is 29.3 Å². The van der Waals surface area contributed by atoms with Crippen LogP contribution in [0.4, 0.5) is 5.69 Å². The van der Waals surface area contributed by atoms with E-state index in [1.165, 1.54) is 0 Å². The highest BCUT2D eigenvalue weighted by Crippen LogP contribution is 2.27. The van der Waals surface area contributed by atoms with E-state index >= 15 is 0 Å². The van der Waals surface area contributed by atoms with Crippen LogP contribution in [0, 0.1) is 0 Å². The second-order valence-corrected chi connectivity index (χ2v) is 5.76. The van der Waals surface area contributed by atoms with Gasteiger partial charge in [0, 0.05) is 0 Å². The fourth-order valence-corrected chi connectivity index (χ4v) is 2.44. The molecule has 0 spiro atoms. The number of aliphatic imine (C=N–C) groups is 1. The average Bonchev–Trinajstić information content (AvgIpc) is 2.85. The minimum Gasteiger partial charge on any atom is -0.497 e. The molecule has 1 aromatic rings. The molecule has 0 amide bonds. The fraction of sp³-hybridized carbons (Fsp3) is 0.500. The molecular formula is C14H19NO3S. The maximum Gasteiger partial charge on any atom is 0.251 e. The Balaban J connectivity index is 1.90. The minimum atomic E-state index is 0.253. The molecule has 0 aliphatic carbocycles. The van der Waals surface area contributed by atoms with E-state index in [1.807, 2.05) is 38.1 Å². The Morgan fingerprint density at radius 3 is 2.74 bits per heavy atom. The summed E-state index contributed by atoms with van der Waals surface area (Å²) in [5.74, 6) is 0.826. The molecule has 1 unspecified atom stereocenters. The maximum absolute atomic E-state index is 5.58. The minimum absolute atomic E-state index is 0.253. The molecule has 0 saturated carbocycles. The van der Waals surface area contributed by atoms with Gasteiger partial charge < -0.3 is 14.2 Å². The number of hydrogen-bond donors (Lipinski definition) is 0. The average molecular weight is 281 g/mol. The van der Waals surface area contributed by atoms with Gasteiger partial charge in [-0.25, -0.2) is 4.99 Å². The lowest BCUT2D eigenvalue weighted by Gasteiger charge is -2.09. The van der Waals surface area contributed by atoms with E-state index in [4.69, 9.17) is 14.2 Å². The van der Waals surface area contributed by atoms with E-state index in [-0.39, 0.29) is 6.10 Å². The van der Waals surface area contributed by atoms with Crippen molar-refractivity contribution in [1.29, 1.82) is 0 Å². The maximum atomic E-state index is 5.58. The highest BCUT2D eigenvalue weighted by molar-refractivity contribution is 8.14. The van der Waals surface area contributed by atoms with Crippen molar-refractivity contribution in [2.45, 2.75) is 25.2 Å². The predicted octanol–water partition coefficient (Wildman–Crippen LogP) is 3.24. The molecule has 1 aliphatic rings. The molecule has 0 radical (unpaired) electrons. The van der Waals surface area contributed by atoms with Gasteiger partial charge in [-0.1, -0.05) is 11.8 Å². The topological polar surface area (TPSA) is 40.0 Å². The predicted molar refractivity (Wildman–Crippen MR) is 78.5 cm³/mol. The van der Waals surface area contributed by atoms with Gasteiger partial charge in [-0.05, 0) is 38.1 Å². The molecule has 2 rings (SSSR count). The first-order valence-electron chi connectivity index (χ1n) is 6.31. The van der Waals surface area contributed by atoms with Crippen molar-refractivity contribution in [3.8, 4) is 5.75 Å². The second kappa shape index (κ2) is 6.82. The number of hydrogen-bond acceptors (Lipinski definition) is 5. The Kier molecular flexibility index (Phi) is 5.10. The van der Waals surface area contributed by atoms with Crippen LogP contribution in [0.1, 0.15) is 13.8 Å². The van der Waals surface area contributed by atoms with Crippen LogP contribution < -0.4 is 4.74 Å². The molecule has 1 heterocycles. The van der Waals surface area contributed by atoms with E-state index < -0.39 is 0 Å². The van der Waals surface area contributed by atoms with Crippen LogP contribution in [-0.2, 0) is 9.47 Å². The number of ether oxygens (including phenoxy) is 3. The molecule has 1 fully saturated rings. The van der Waals surface area contributed by atoms with E-state index in [0.717, 1.165) is 11.4 Å². The first-order chi connectivity index (χ1) is 9.17. The third-order valence-corrected chi connectivity index (χ3v) is 3.58. The van der Waals surface area contributed by atoms with Crippen molar-refractivity contribution in [2.24, 2.45) is 4.99 Å². The van der Waals surface area contributed by atoms with Crippen molar-refractivity contribution in [2.75, 3.05) is 20.3 Å². The molecule has 0 N–H and O–H groups in total. The third kappa shape index (κ3) is 4.44. The lowest BCUT2D eigenvalue weighted by Crippen LogP contribution is -2.16. The van der Waals surface area contributed by atoms with Gasteiger partial charge in [-0.3, -0.25) is 0 Å².